The van der Waals surface area contributed by atoms with Crippen LogP contribution in [0.3, 0.4) is 0 Å². The van der Waals surface area contributed by atoms with Gasteiger partial charge in [-0.1, -0.05) is 6.07 Å². The van der Waals surface area contributed by atoms with Gasteiger partial charge in [-0.25, -0.2) is 9.59 Å². The summed E-state index contributed by atoms with van der Waals surface area (Å²) in [6.07, 6.45) is 1.89. The molecule has 6 nitrogen and oxygen atoms in total. The van der Waals surface area contributed by atoms with Gasteiger partial charge < -0.3 is 20.4 Å². The van der Waals surface area contributed by atoms with E-state index in [0.717, 1.165) is 12.8 Å². The molecule has 1 fully saturated rings. The third-order valence-corrected chi connectivity index (χ3v) is 2.95. The average Bonchev–Trinajstić information content (AvgIpc) is 3.20. The van der Waals surface area contributed by atoms with Crippen molar-refractivity contribution in [3.63, 3.8) is 0 Å². The van der Waals surface area contributed by atoms with Gasteiger partial charge in [-0.05, 0) is 31.0 Å². The van der Waals surface area contributed by atoms with Gasteiger partial charge in [-0.15, -0.1) is 0 Å². The minimum Gasteiger partial charge on any atom is -0.478 e. The van der Waals surface area contributed by atoms with Gasteiger partial charge in [0.25, 0.3) is 0 Å². The first kappa shape index (κ1) is 13.4. The number of nitrogens with zero attached hydrogens (tertiary/aromatic N) is 1. The summed E-state index contributed by atoms with van der Waals surface area (Å²) in [6, 6.07) is 5.96. The summed E-state index contributed by atoms with van der Waals surface area (Å²) in [5.41, 5.74) is 0.561. The van der Waals surface area contributed by atoms with Crippen LogP contribution < -0.4 is 5.32 Å². The fourth-order valence-electron chi connectivity index (χ4n) is 1.87. The summed E-state index contributed by atoms with van der Waals surface area (Å²) in [7, 11) is 0. The molecule has 0 spiro atoms. The van der Waals surface area contributed by atoms with E-state index in [4.69, 9.17) is 10.2 Å². The quantitative estimate of drug-likeness (QED) is 0.749. The molecule has 0 saturated heterocycles. The van der Waals surface area contributed by atoms with Crippen LogP contribution in [0.15, 0.2) is 24.3 Å². The molecule has 0 aromatic heterocycles. The maximum atomic E-state index is 12.0. The first-order valence-electron chi connectivity index (χ1n) is 6.13. The predicted molar refractivity (Wildman–Crippen MR) is 69.2 cm³/mol. The minimum atomic E-state index is -1.04. The summed E-state index contributed by atoms with van der Waals surface area (Å²) in [6.45, 7) is 0.203. The first-order chi connectivity index (χ1) is 9.11. The number of aliphatic hydroxyl groups excluding tert-OH is 1. The number of carboxylic acids is 1. The normalized spacial score (nSPS) is 13.9. The first-order valence-corrected chi connectivity index (χ1v) is 6.13. The number of urea groups is 1. The second-order valence-electron chi connectivity index (χ2n) is 4.46. The lowest BCUT2D eigenvalue weighted by atomic mass is 10.2. The summed E-state index contributed by atoms with van der Waals surface area (Å²) in [4.78, 5) is 24.4. The SMILES string of the molecule is O=C(O)c1cccc(NC(=O)N(CCO)C2CC2)c1. The molecule has 1 aromatic carbocycles. The molecular weight excluding hydrogens is 248 g/mol. The number of benzene rings is 1. The van der Waals surface area contributed by atoms with Crippen LogP contribution in [-0.2, 0) is 0 Å². The highest BCUT2D eigenvalue weighted by Gasteiger charge is 2.32. The predicted octanol–water partition coefficient (Wildman–Crippen LogP) is 1.37. The lowest BCUT2D eigenvalue weighted by Gasteiger charge is -2.21. The van der Waals surface area contributed by atoms with E-state index in [0.29, 0.717) is 5.69 Å². The van der Waals surface area contributed by atoms with E-state index in [1.165, 1.54) is 12.1 Å². The van der Waals surface area contributed by atoms with E-state index in [9.17, 15) is 9.59 Å². The standard InChI is InChI=1S/C13H16N2O4/c16-7-6-15(11-4-5-11)13(19)14-10-3-1-2-9(8-10)12(17)18/h1-3,8,11,16H,4-7H2,(H,14,19)(H,17,18). The Morgan fingerprint density at radius 2 is 2.11 bits per heavy atom. The van der Waals surface area contributed by atoms with Crippen molar-refractivity contribution in [2.75, 3.05) is 18.5 Å². The molecule has 0 bridgehead atoms. The van der Waals surface area contributed by atoms with Crippen molar-refractivity contribution in [2.24, 2.45) is 0 Å². The number of hydrogen-bond acceptors (Lipinski definition) is 3. The Hall–Kier alpha value is -2.08. The molecule has 6 heteroatoms. The Bertz CT molecular complexity index is 485. The van der Waals surface area contributed by atoms with Gasteiger partial charge in [0.15, 0.2) is 0 Å². The number of hydrogen-bond donors (Lipinski definition) is 3. The average molecular weight is 264 g/mol. The maximum Gasteiger partial charge on any atom is 0.335 e. The van der Waals surface area contributed by atoms with Crippen LogP contribution in [0.2, 0.25) is 0 Å². The molecule has 3 N–H and O–H groups in total. The van der Waals surface area contributed by atoms with Crippen LogP contribution in [0.4, 0.5) is 10.5 Å². The number of amides is 2. The molecule has 0 aliphatic heterocycles. The highest BCUT2D eigenvalue weighted by molar-refractivity contribution is 5.93. The number of aromatic carboxylic acids is 1. The van der Waals surface area contributed by atoms with Gasteiger partial charge in [-0.3, -0.25) is 0 Å². The molecule has 102 valence electrons. The van der Waals surface area contributed by atoms with Crippen LogP contribution in [0.25, 0.3) is 0 Å². The van der Waals surface area contributed by atoms with Crippen LogP contribution in [0.1, 0.15) is 23.2 Å². The van der Waals surface area contributed by atoms with Crippen LogP contribution in [0, 0.1) is 0 Å². The number of aliphatic hydroxyl groups is 1. The van der Waals surface area contributed by atoms with Gasteiger partial charge >= 0.3 is 12.0 Å². The van der Waals surface area contributed by atoms with Crippen molar-refractivity contribution < 1.29 is 19.8 Å². The molecule has 0 unspecified atom stereocenters. The summed E-state index contributed by atoms with van der Waals surface area (Å²) in [5.74, 6) is -1.04. The van der Waals surface area contributed by atoms with Crippen molar-refractivity contribution in [2.45, 2.75) is 18.9 Å². The van der Waals surface area contributed by atoms with Gasteiger partial charge in [0.1, 0.15) is 0 Å². The zero-order valence-corrected chi connectivity index (χ0v) is 10.4. The lowest BCUT2D eigenvalue weighted by molar-refractivity contribution is 0.0697. The van der Waals surface area contributed by atoms with E-state index in [2.05, 4.69) is 5.32 Å². The van der Waals surface area contributed by atoms with Crippen molar-refractivity contribution in [3.8, 4) is 0 Å². The van der Waals surface area contributed by atoms with Crippen molar-refractivity contribution in [1.82, 2.24) is 4.90 Å². The van der Waals surface area contributed by atoms with E-state index >= 15 is 0 Å². The monoisotopic (exact) mass is 264 g/mol. The third kappa shape index (κ3) is 3.45. The Balaban J connectivity index is 2.04. The molecular formula is C13H16N2O4. The Labute approximate surface area is 110 Å². The molecule has 19 heavy (non-hydrogen) atoms. The number of rotatable bonds is 5. The van der Waals surface area contributed by atoms with E-state index in [-0.39, 0.29) is 30.8 Å². The molecule has 1 aliphatic carbocycles. The fourth-order valence-corrected chi connectivity index (χ4v) is 1.87. The Morgan fingerprint density at radius 1 is 1.37 bits per heavy atom. The zero-order valence-electron chi connectivity index (χ0n) is 10.4. The van der Waals surface area contributed by atoms with Gasteiger partial charge in [0.2, 0.25) is 0 Å². The molecule has 2 rings (SSSR count). The van der Waals surface area contributed by atoms with Crippen LogP contribution in [-0.4, -0.2) is 46.3 Å². The molecule has 1 aliphatic rings. The smallest absolute Gasteiger partial charge is 0.335 e. The van der Waals surface area contributed by atoms with Gasteiger partial charge in [-0.2, -0.15) is 0 Å². The summed E-state index contributed by atoms with van der Waals surface area (Å²) >= 11 is 0. The zero-order chi connectivity index (χ0) is 13.8. The van der Waals surface area contributed by atoms with Crippen molar-refractivity contribution >= 4 is 17.7 Å². The van der Waals surface area contributed by atoms with Crippen molar-refractivity contribution in [1.29, 1.82) is 0 Å². The summed E-state index contributed by atoms with van der Waals surface area (Å²) < 4.78 is 0. The molecule has 2 amide bonds. The number of carboxylic acid groups (broad SMARTS) is 1. The number of nitrogens with one attached hydrogen (secondary N) is 1. The lowest BCUT2D eigenvalue weighted by Crippen LogP contribution is -2.38. The van der Waals surface area contributed by atoms with E-state index in [1.807, 2.05) is 0 Å². The highest BCUT2D eigenvalue weighted by Crippen LogP contribution is 2.27. The second kappa shape index (κ2) is 5.71. The number of carbonyl (C=O) groups is 2. The van der Waals surface area contributed by atoms with E-state index in [1.54, 1.807) is 17.0 Å². The summed E-state index contributed by atoms with van der Waals surface area (Å²) in [5, 5.41) is 20.5. The van der Waals surface area contributed by atoms with Crippen LogP contribution in [0.5, 0.6) is 0 Å². The molecule has 0 radical (unpaired) electrons. The largest absolute Gasteiger partial charge is 0.478 e. The molecule has 0 atom stereocenters. The van der Waals surface area contributed by atoms with Crippen molar-refractivity contribution in [3.05, 3.63) is 29.8 Å². The third-order valence-electron chi connectivity index (χ3n) is 2.95. The molecule has 1 saturated carbocycles. The van der Waals surface area contributed by atoms with Gasteiger partial charge in [0.05, 0.1) is 12.2 Å². The van der Waals surface area contributed by atoms with E-state index < -0.39 is 5.97 Å². The fraction of sp³-hybridized carbons (Fsp3) is 0.385. The van der Waals surface area contributed by atoms with Crippen LogP contribution >= 0.6 is 0 Å². The van der Waals surface area contributed by atoms with Gasteiger partial charge in [0, 0.05) is 18.3 Å². The highest BCUT2D eigenvalue weighted by atomic mass is 16.4. The Kier molecular flexibility index (Phi) is 4.01. The number of anilines is 1. The molecule has 0 heterocycles. The maximum absolute atomic E-state index is 12.0. The second-order valence-corrected chi connectivity index (χ2v) is 4.46. The minimum absolute atomic E-state index is 0.0842. The number of carbonyl (C=O) groups excluding carboxylic acids is 1. The molecule has 1 aromatic rings. The topological polar surface area (TPSA) is 89.9 Å². The Morgan fingerprint density at radius 3 is 2.68 bits per heavy atom.